The lowest BCUT2D eigenvalue weighted by Crippen LogP contribution is -2.24. The number of aromatic nitrogens is 2. The Kier molecular flexibility index (Phi) is 1.71. The number of nitrogens with zero attached hydrogens (tertiary/aromatic N) is 1. The van der Waals surface area contributed by atoms with Crippen LogP contribution in [-0.2, 0) is 17.6 Å². The third kappa shape index (κ3) is 1.21. The first-order chi connectivity index (χ1) is 7.25. The molecule has 1 unspecified atom stereocenters. The quantitative estimate of drug-likeness (QED) is 0.659. The number of hydrogen-bond acceptors (Lipinski definition) is 2. The van der Waals surface area contributed by atoms with E-state index in [0.717, 1.165) is 25.7 Å². The number of rotatable bonds is 1. The Morgan fingerprint density at radius 2 is 2.40 bits per heavy atom. The van der Waals surface area contributed by atoms with E-state index < -0.39 is 0 Å². The summed E-state index contributed by atoms with van der Waals surface area (Å²) in [7, 11) is 0. The number of carbonyl (C=O) groups excluding carboxylic acids is 1. The molecule has 0 radical (unpaired) electrons. The summed E-state index contributed by atoms with van der Waals surface area (Å²) in [6, 6.07) is 0. The summed E-state index contributed by atoms with van der Waals surface area (Å²) in [5.74, 6) is -0.199. The number of carbonyl (C=O) groups is 1. The number of primary amides is 1. The fourth-order valence-corrected chi connectivity index (χ4v) is 2.73. The number of nitrogens with two attached hydrogens (primary N) is 1. The molecule has 0 saturated carbocycles. The van der Waals surface area contributed by atoms with E-state index in [-0.39, 0.29) is 11.8 Å². The molecule has 1 aromatic heterocycles. The maximum Gasteiger partial charge on any atom is 0.224 e. The van der Waals surface area contributed by atoms with Gasteiger partial charge in [-0.05, 0) is 24.8 Å². The van der Waals surface area contributed by atoms with E-state index in [2.05, 4.69) is 10.2 Å². The third-order valence-corrected chi connectivity index (χ3v) is 3.53. The molecule has 0 spiro atoms. The van der Waals surface area contributed by atoms with Gasteiger partial charge in [-0.3, -0.25) is 9.89 Å². The van der Waals surface area contributed by atoms with Gasteiger partial charge >= 0.3 is 0 Å². The molecule has 0 aromatic carbocycles. The molecule has 4 nitrogen and oxygen atoms in total. The van der Waals surface area contributed by atoms with Crippen LogP contribution in [-0.4, -0.2) is 16.1 Å². The number of amides is 1. The van der Waals surface area contributed by atoms with Crippen LogP contribution in [0.3, 0.4) is 0 Å². The molecule has 78 valence electrons. The van der Waals surface area contributed by atoms with Crippen molar-refractivity contribution in [3.8, 4) is 0 Å². The van der Waals surface area contributed by atoms with Crippen molar-refractivity contribution < 1.29 is 4.79 Å². The van der Waals surface area contributed by atoms with Gasteiger partial charge in [0.1, 0.15) is 0 Å². The Balaban J connectivity index is 1.97. The Hall–Kier alpha value is -1.58. The number of allylic oxidation sites excluding steroid dienone is 1. The van der Waals surface area contributed by atoms with Crippen LogP contribution < -0.4 is 5.73 Å². The fraction of sp³-hybridized carbons (Fsp3) is 0.455. The van der Waals surface area contributed by atoms with Crippen molar-refractivity contribution in [2.75, 3.05) is 0 Å². The third-order valence-electron chi connectivity index (χ3n) is 3.53. The zero-order chi connectivity index (χ0) is 10.4. The van der Waals surface area contributed by atoms with Gasteiger partial charge in [0, 0.05) is 12.1 Å². The van der Waals surface area contributed by atoms with Crippen molar-refractivity contribution in [3.05, 3.63) is 28.6 Å². The van der Waals surface area contributed by atoms with Crippen LogP contribution in [0.4, 0.5) is 0 Å². The van der Waals surface area contributed by atoms with Gasteiger partial charge in [-0.2, -0.15) is 5.10 Å². The molecule has 0 aliphatic heterocycles. The first kappa shape index (κ1) is 8.71. The minimum atomic E-state index is -0.174. The van der Waals surface area contributed by atoms with E-state index in [1.807, 2.05) is 6.20 Å². The van der Waals surface area contributed by atoms with Crippen molar-refractivity contribution in [3.63, 3.8) is 0 Å². The maximum atomic E-state index is 11.3. The summed E-state index contributed by atoms with van der Waals surface area (Å²) in [6.45, 7) is 0. The van der Waals surface area contributed by atoms with Crippen LogP contribution in [0.15, 0.2) is 17.3 Å². The molecule has 15 heavy (non-hydrogen) atoms. The summed E-state index contributed by atoms with van der Waals surface area (Å²) in [5.41, 5.74) is 10.5. The molecule has 3 N–H and O–H groups in total. The van der Waals surface area contributed by atoms with E-state index in [0.29, 0.717) is 0 Å². The molecule has 0 fully saturated rings. The lowest BCUT2D eigenvalue weighted by Gasteiger charge is -2.17. The molecule has 2 aliphatic carbocycles. The van der Waals surface area contributed by atoms with Crippen molar-refractivity contribution in [1.29, 1.82) is 0 Å². The van der Waals surface area contributed by atoms with Crippen LogP contribution in [0.5, 0.6) is 0 Å². The summed E-state index contributed by atoms with van der Waals surface area (Å²) >= 11 is 0. The maximum absolute atomic E-state index is 11.3. The molecule has 0 bridgehead atoms. The minimum absolute atomic E-state index is 0.0250. The van der Waals surface area contributed by atoms with Gasteiger partial charge in [0.15, 0.2) is 0 Å². The summed E-state index contributed by atoms with van der Waals surface area (Å²) in [4.78, 5) is 11.3. The van der Waals surface area contributed by atoms with Gasteiger partial charge in [-0.25, -0.2) is 0 Å². The summed E-state index contributed by atoms with van der Waals surface area (Å²) in [5, 5.41) is 7.05. The van der Waals surface area contributed by atoms with E-state index in [4.69, 9.17) is 5.73 Å². The van der Waals surface area contributed by atoms with Crippen LogP contribution in [0.2, 0.25) is 0 Å². The topological polar surface area (TPSA) is 71.8 Å². The first-order valence-corrected chi connectivity index (χ1v) is 5.27. The highest BCUT2D eigenvalue weighted by atomic mass is 16.1. The van der Waals surface area contributed by atoms with Gasteiger partial charge < -0.3 is 5.73 Å². The van der Waals surface area contributed by atoms with Gasteiger partial charge in [0.05, 0.1) is 12.1 Å². The zero-order valence-electron chi connectivity index (χ0n) is 8.42. The highest BCUT2D eigenvalue weighted by Crippen LogP contribution is 2.39. The monoisotopic (exact) mass is 203 g/mol. The number of hydrogen-bond donors (Lipinski definition) is 2. The molecule has 0 saturated heterocycles. The molecule has 2 aliphatic rings. The van der Waals surface area contributed by atoms with Crippen LogP contribution in [0.1, 0.15) is 24.1 Å². The van der Waals surface area contributed by atoms with Crippen LogP contribution >= 0.6 is 0 Å². The normalized spacial score (nSPS) is 23.9. The molecule has 1 amide bonds. The largest absolute Gasteiger partial charge is 0.369 e. The van der Waals surface area contributed by atoms with Crippen LogP contribution in [0.25, 0.3) is 0 Å². The Labute approximate surface area is 87.5 Å². The van der Waals surface area contributed by atoms with Crippen molar-refractivity contribution in [1.82, 2.24) is 10.2 Å². The van der Waals surface area contributed by atoms with E-state index in [1.165, 1.54) is 22.4 Å². The second-order valence-corrected chi connectivity index (χ2v) is 4.35. The first-order valence-electron chi connectivity index (χ1n) is 5.27. The minimum Gasteiger partial charge on any atom is -0.369 e. The standard InChI is InChI=1S/C11H13N3O/c12-11(15)8-2-1-6-4-10-7(3-9(6)8)5-13-14-10/h5,8H,1-4H2,(H2,12,15)(H,13,14). The zero-order valence-corrected chi connectivity index (χ0v) is 8.42. The second-order valence-electron chi connectivity index (χ2n) is 4.35. The molecule has 3 rings (SSSR count). The van der Waals surface area contributed by atoms with Gasteiger partial charge in [0.2, 0.25) is 5.91 Å². The number of fused-ring (bicyclic) bond motifs is 1. The smallest absolute Gasteiger partial charge is 0.224 e. The number of H-pyrrole nitrogens is 1. The number of aromatic amines is 1. The molecule has 1 atom stereocenters. The van der Waals surface area contributed by atoms with E-state index in [1.54, 1.807) is 0 Å². The van der Waals surface area contributed by atoms with Gasteiger partial charge in [-0.1, -0.05) is 11.1 Å². The Morgan fingerprint density at radius 3 is 3.20 bits per heavy atom. The van der Waals surface area contributed by atoms with Crippen molar-refractivity contribution in [2.24, 2.45) is 11.7 Å². The molecular weight excluding hydrogens is 190 g/mol. The molecular formula is C11H13N3O. The second kappa shape index (κ2) is 2.95. The predicted octanol–water partition coefficient (Wildman–Crippen LogP) is 0.700. The van der Waals surface area contributed by atoms with E-state index in [9.17, 15) is 4.79 Å². The van der Waals surface area contributed by atoms with E-state index >= 15 is 0 Å². The van der Waals surface area contributed by atoms with Crippen LogP contribution in [0, 0.1) is 5.92 Å². The van der Waals surface area contributed by atoms with Gasteiger partial charge in [0.25, 0.3) is 0 Å². The average molecular weight is 203 g/mol. The Morgan fingerprint density at radius 1 is 1.53 bits per heavy atom. The van der Waals surface area contributed by atoms with Crippen molar-refractivity contribution in [2.45, 2.75) is 25.7 Å². The summed E-state index contributed by atoms with van der Waals surface area (Å²) < 4.78 is 0. The molecule has 4 heteroatoms. The Bertz CT molecular complexity index is 458. The highest BCUT2D eigenvalue weighted by molar-refractivity contribution is 5.81. The summed E-state index contributed by atoms with van der Waals surface area (Å²) in [6.07, 6.45) is 5.55. The number of nitrogens with one attached hydrogen (secondary N) is 1. The van der Waals surface area contributed by atoms with Gasteiger partial charge in [-0.15, -0.1) is 0 Å². The predicted molar refractivity (Wildman–Crippen MR) is 54.9 cm³/mol. The van der Waals surface area contributed by atoms with Crippen molar-refractivity contribution >= 4 is 5.91 Å². The lowest BCUT2D eigenvalue weighted by atomic mass is 9.88. The molecule has 1 aromatic rings. The fourth-order valence-electron chi connectivity index (χ4n) is 2.73. The average Bonchev–Trinajstić information content (AvgIpc) is 2.77. The SMILES string of the molecule is NC(=O)C1CCC2=C1Cc1cn[nH]c1C2. The molecule has 1 heterocycles. The highest BCUT2D eigenvalue weighted by Gasteiger charge is 2.32. The lowest BCUT2D eigenvalue weighted by molar-refractivity contribution is -0.120.